The summed E-state index contributed by atoms with van der Waals surface area (Å²) in [5, 5.41) is 2.72. The highest BCUT2D eigenvalue weighted by molar-refractivity contribution is 7.92. The summed E-state index contributed by atoms with van der Waals surface area (Å²) in [4.78, 5) is 13.0. The molecule has 1 amide bonds. The molecule has 1 N–H and O–H groups in total. The van der Waals surface area contributed by atoms with Gasteiger partial charge in [-0.25, -0.2) is 8.42 Å². The van der Waals surface area contributed by atoms with Crippen LogP contribution in [0, 0.1) is 6.92 Å². The molecule has 2 aromatic carbocycles. The third-order valence-corrected chi connectivity index (χ3v) is 5.55. The number of nitrogens with zero attached hydrogens (tertiary/aromatic N) is 1. The molecule has 0 unspecified atom stereocenters. The van der Waals surface area contributed by atoms with Crippen LogP contribution in [0.25, 0.3) is 0 Å². The molecule has 0 saturated carbocycles. The van der Waals surface area contributed by atoms with Crippen molar-refractivity contribution in [3.8, 4) is 17.2 Å². The lowest BCUT2D eigenvalue weighted by atomic mass is 10.2. The summed E-state index contributed by atoms with van der Waals surface area (Å²) in [6.07, 6.45) is 1.05. The number of benzene rings is 2. The van der Waals surface area contributed by atoms with E-state index in [2.05, 4.69) is 5.32 Å². The van der Waals surface area contributed by atoms with E-state index in [0.29, 0.717) is 22.9 Å². The standard InChI is InChI=1S/C20H26N2O6S/c1-13-7-9-19(28-5)17(11-13)22(29(6,24)25)14(2)20(23)21-16-12-15(26-3)8-10-18(16)27-4/h7-12,14H,1-6H3,(H,21,23)/t14-/m0/s1. The largest absolute Gasteiger partial charge is 0.497 e. The fourth-order valence-corrected chi connectivity index (χ4v) is 4.07. The van der Waals surface area contributed by atoms with Crippen LogP contribution in [-0.4, -0.2) is 48.0 Å². The molecule has 1 atom stereocenters. The molecule has 0 bridgehead atoms. The minimum absolute atomic E-state index is 0.287. The van der Waals surface area contributed by atoms with Gasteiger partial charge in [0.05, 0.1) is 39.0 Å². The first-order chi connectivity index (χ1) is 13.6. The van der Waals surface area contributed by atoms with E-state index >= 15 is 0 Å². The normalized spacial score (nSPS) is 12.1. The number of carbonyl (C=O) groups excluding carboxylic acids is 1. The number of aryl methyl sites for hydroxylation is 1. The average Bonchev–Trinajstić information content (AvgIpc) is 2.67. The lowest BCUT2D eigenvalue weighted by Crippen LogP contribution is -2.45. The van der Waals surface area contributed by atoms with Crippen molar-refractivity contribution in [1.82, 2.24) is 0 Å². The van der Waals surface area contributed by atoms with Crippen LogP contribution in [0.4, 0.5) is 11.4 Å². The number of carbonyl (C=O) groups is 1. The van der Waals surface area contributed by atoms with Gasteiger partial charge < -0.3 is 19.5 Å². The second-order valence-corrected chi connectivity index (χ2v) is 8.32. The van der Waals surface area contributed by atoms with Crippen LogP contribution in [0.3, 0.4) is 0 Å². The van der Waals surface area contributed by atoms with Crippen molar-refractivity contribution in [2.45, 2.75) is 19.9 Å². The Balaban J connectivity index is 2.45. The van der Waals surface area contributed by atoms with Crippen LogP contribution in [0.15, 0.2) is 36.4 Å². The summed E-state index contributed by atoms with van der Waals surface area (Å²) >= 11 is 0. The topological polar surface area (TPSA) is 94.2 Å². The van der Waals surface area contributed by atoms with Gasteiger partial charge in [-0.05, 0) is 43.7 Å². The number of hydrogen-bond donors (Lipinski definition) is 1. The summed E-state index contributed by atoms with van der Waals surface area (Å²) in [5.74, 6) is 0.754. The van der Waals surface area contributed by atoms with Crippen LogP contribution in [0.2, 0.25) is 0 Å². The molecule has 0 spiro atoms. The van der Waals surface area contributed by atoms with Gasteiger partial charge in [0.15, 0.2) is 0 Å². The summed E-state index contributed by atoms with van der Waals surface area (Å²) in [7, 11) is 0.628. The second-order valence-electron chi connectivity index (χ2n) is 6.47. The minimum atomic E-state index is -3.80. The molecule has 2 aromatic rings. The van der Waals surface area contributed by atoms with Crippen LogP contribution in [-0.2, 0) is 14.8 Å². The van der Waals surface area contributed by atoms with Gasteiger partial charge in [-0.1, -0.05) is 6.07 Å². The first-order valence-corrected chi connectivity index (χ1v) is 10.6. The van der Waals surface area contributed by atoms with E-state index in [1.807, 2.05) is 6.92 Å². The quantitative estimate of drug-likeness (QED) is 0.703. The fraction of sp³-hybridized carbons (Fsp3) is 0.350. The maximum absolute atomic E-state index is 13.0. The van der Waals surface area contributed by atoms with E-state index < -0.39 is 22.0 Å². The van der Waals surface area contributed by atoms with E-state index in [4.69, 9.17) is 14.2 Å². The second kappa shape index (κ2) is 9.04. The van der Waals surface area contributed by atoms with E-state index in [1.165, 1.54) is 28.3 Å². The van der Waals surface area contributed by atoms with Gasteiger partial charge in [0.25, 0.3) is 0 Å². The highest BCUT2D eigenvalue weighted by Gasteiger charge is 2.31. The van der Waals surface area contributed by atoms with E-state index in [0.717, 1.165) is 16.1 Å². The number of nitrogens with one attached hydrogen (secondary N) is 1. The first-order valence-electron chi connectivity index (χ1n) is 8.79. The Morgan fingerprint density at radius 1 is 1.00 bits per heavy atom. The monoisotopic (exact) mass is 422 g/mol. The molecule has 8 nitrogen and oxygen atoms in total. The van der Waals surface area contributed by atoms with E-state index in [9.17, 15) is 13.2 Å². The lowest BCUT2D eigenvalue weighted by molar-refractivity contribution is -0.116. The zero-order chi connectivity index (χ0) is 21.8. The number of ether oxygens (including phenoxy) is 3. The molecule has 29 heavy (non-hydrogen) atoms. The van der Waals surface area contributed by atoms with Crippen LogP contribution < -0.4 is 23.8 Å². The summed E-state index contributed by atoms with van der Waals surface area (Å²) in [5.41, 5.74) is 1.49. The Morgan fingerprint density at radius 3 is 2.17 bits per heavy atom. The van der Waals surface area contributed by atoms with Crippen molar-refractivity contribution < 1.29 is 27.4 Å². The van der Waals surface area contributed by atoms with Crippen molar-refractivity contribution in [2.24, 2.45) is 0 Å². The van der Waals surface area contributed by atoms with Crippen LogP contribution >= 0.6 is 0 Å². The molecular weight excluding hydrogens is 396 g/mol. The number of hydrogen-bond acceptors (Lipinski definition) is 6. The molecule has 0 aliphatic rings. The predicted octanol–water partition coefficient (Wildman–Crippen LogP) is 2.81. The van der Waals surface area contributed by atoms with Crippen molar-refractivity contribution in [3.63, 3.8) is 0 Å². The molecular formula is C20H26N2O6S. The van der Waals surface area contributed by atoms with Crippen molar-refractivity contribution in [1.29, 1.82) is 0 Å². The van der Waals surface area contributed by atoms with Crippen LogP contribution in [0.1, 0.15) is 12.5 Å². The summed E-state index contributed by atoms with van der Waals surface area (Å²) in [6, 6.07) is 9.01. The Morgan fingerprint density at radius 2 is 1.62 bits per heavy atom. The van der Waals surface area contributed by atoms with Gasteiger partial charge in [-0.2, -0.15) is 0 Å². The number of rotatable bonds is 8. The molecule has 0 heterocycles. The van der Waals surface area contributed by atoms with Gasteiger partial charge >= 0.3 is 0 Å². The number of anilines is 2. The third-order valence-electron chi connectivity index (χ3n) is 4.32. The number of amides is 1. The molecule has 158 valence electrons. The van der Waals surface area contributed by atoms with Crippen molar-refractivity contribution in [2.75, 3.05) is 37.2 Å². The van der Waals surface area contributed by atoms with Gasteiger partial charge in [-0.3, -0.25) is 9.10 Å². The highest BCUT2D eigenvalue weighted by atomic mass is 32.2. The molecule has 0 saturated heterocycles. The van der Waals surface area contributed by atoms with Gasteiger partial charge in [0.2, 0.25) is 15.9 Å². The smallest absolute Gasteiger partial charge is 0.248 e. The lowest BCUT2D eigenvalue weighted by Gasteiger charge is -2.29. The van der Waals surface area contributed by atoms with Crippen LogP contribution in [0.5, 0.6) is 17.2 Å². The molecule has 0 aromatic heterocycles. The maximum atomic E-state index is 13.0. The van der Waals surface area contributed by atoms with Gasteiger partial charge in [0.1, 0.15) is 23.3 Å². The van der Waals surface area contributed by atoms with Gasteiger partial charge in [0, 0.05) is 6.07 Å². The molecule has 9 heteroatoms. The Kier molecular flexibility index (Phi) is 6.97. The average molecular weight is 423 g/mol. The SMILES string of the molecule is COc1ccc(OC)c(NC(=O)[C@H](C)N(c2cc(C)ccc2OC)S(C)(=O)=O)c1. The third kappa shape index (κ3) is 5.11. The number of sulfonamides is 1. The molecule has 2 rings (SSSR count). The zero-order valence-corrected chi connectivity index (χ0v) is 18.2. The highest BCUT2D eigenvalue weighted by Crippen LogP contribution is 2.34. The van der Waals surface area contributed by atoms with E-state index in [1.54, 1.807) is 36.4 Å². The predicted molar refractivity (Wildman–Crippen MR) is 113 cm³/mol. The fourth-order valence-electron chi connectivity index (χ4n) is 2.90. The number of methoxy groups -OCH3 is 3. The molecule has 0 aliphatic carbocycles. The molecule has 0 radical (unpaired) electrons. The van der Waals surface area contributed by atoms with Crippen molar-refractivity contribution >= 4 is 27.3 Å². The Labute approximate surface area is 171 Å². The molecule has 0 aliphatic heterocycles. The minimum Gasteiger partial charge on any atom is -0.497 e. The van der Waals surface area contributed by atoms with Gasteiger partial charge in [-0.15, -0.1) is 0 Å². The maximum Gasteiger partial charge on any atom is 0.248 e. The van der Waals surface area contributed by atoms with E-state index in [-0.39, 0.29) is 5.69 Å². The summed E-state index contributed by atoms with van der Waals surface area (Å²) < 4.78 is 42.0. The van der Waals surface area contributed by atoms with Crippen molar-refractivity contribution in [3.05, 3.63) is 42.0 Å². The zero-order valence-electron chi connectivity index (χ0n) is 17.3. The molecule has 0 fully saturated rings. The Bertz CT molecular complexity index is 990. The summed E-state index contributed by atoms with van der Waals surface area (Å²) in [6.45, 7) is 3.33. The first kappa shape index (κ1) is 22.4. The Hall–Kier alpha value is -2.94.